The number of unbranched alkanes of at least 4 members (excludes halogenated alkanes) is 2. The largest absolute Gasteiger partial charge is 0.361 e. The Kier molecular flexibility index (Phi) is 5.80. The van der Waals surface area contributed by atoms with Crippen LogP contribution in [0.3, 0.4) is 0 Å². The number of aliphatic hydroxyl groups excluding tert-OH is 1. The Morgan fingerprint density at radius 2 is 1.94 bits per heavy atom. The van der Waals surface area contributed by atoms with Crippen molar-refractivity contribution in [2.45, 2.75) is 37.5 Å². The Hall–Kier alpha value is -0.410. The van der Waals surface area contributed by atoms with Gasteiger partial charge >= 0.3 is 0 Å². The number of aliphatic hydroxyl groups is 1. The number of alkyl halides is 1. The Morgan fingerprint density at radius 3 is 2.50 bits per heavy atom. The maximum absolute atomic E-state index is 11.5. The Balaban J connectivity index is 2.24. The number of carbonyl (C=O) groups excluding carboxylic acids is 1. The molecule has 0 radical (unpaired) electrons. The number of rotatable bonds is 6. The lowest BCUT2D eigenvalue weighted by Gasteiger charge is -2.31. The van der Waals surface area contributed by atoms with Crippen molar-refractivity contribution >= 4 is 27.6 Å². The SMILES string of the molecule is O=C1NC(O)NC(Cl)C1CCCCCS(=O)(=O)O. The lowest BCUT2D eigenvalue weighted by atomic mass is 9.99. The van der Waals surface area contributed by atoms with Crippen LogP contribution in [0.15, 0.2) is 0 Å². The normalized spacial score (nSPS) is 29.1. The molecule has 1 amide bonds. The highest BCUT2D eigenvalue weighted by atomic mass is 35.5. The van der Waals surface area contributed by atoms with Gasteiger partial charge in [0.05, 0.1) is 17.2 Å². The first-order valence-corrected chi connectivity index (χ1v) is 7.68. The van der Waals surface area contributed by atoms with E-state index in [1.165, 1.54) is 0 Å². The van der Waals surface area contributed by atoms with Gasteiger partial charge in [-0.3, -0.25) is 14.7 Å². The van der Waals surface area contributed by atoms with Crippen molar-refractivity contribution in [3.05, 3.63) is 0 Å². The first-order valence-electron chi connectivity index (χ1n) is 5.63. The minimum Gasteiger partial charge on any atom is -0.361 e. The third kappa shape index (κ3) is 5.49. The standard InChI is InChI=1S/C9H17ClN2O5S/c10-7-6(8(13)12-9(14)11-7)4-2-1-3-5-18(15,16)17/h6-7,9,11,14H,1-5H2,(H,12,13)(H,15,16,17). The van der Waals surface area contributed by atoms with Crippen LogP contribution in [0.1, 0.15) is 25.7 Å². The number of carbonyl (C=O) groups is 1. The van der Waals surface area contributed by atoms with Gasteiger partial charge in [-0.15, -0.1) is 11.6 Å². The molecular formula is C9H17ClN2O5S. The summed E-state index contributed by atoms with van der Waals surface area (Å²) < 4.78 is 29.5. The van der Waals surface area contributed by atoms with E-state index in [4.69, 9.17) is 21.3 Å². The van der Waals surface area contributed by atoms with E-state index in [2.05, 4.69) is 10.6 Å². The molecule has 0 saturated carbocycles. The van der Waals surface area contributed by atoms with Gasteiger partial charge in [-0.1, -0.05) is 12.8 Å². The summed E-state index contributed by atoms with van der Waals surface area (Å²) in [5.41, 5.74) is -0.643. The molecule has 1 heterocycles. The lowest BCUT2D eigenvalue weighted by molar-refractivity contribution is -0.133. The summed E-state index contributed by atoms with van der Waals surface area (Å²) in [7, 11) is -3.91. The molecule has 3 atom stereocenters. The highest BCUT2D eigenvalue weighted by Gasteiger charge is 2.33. The molecule has 1 aliphatic heterocycles. The van der Waals surface area contributed by atoms with Crippen LogP contribution in [-0.2, 0) is 14.9 Å². The summed E-state index contributed by atoms with van der Waals surface area (Å²) in [6, 6.07) is 0. The lowest BCUT2D eigenvalue weighted by Crippen LogP contribution is -2.59. The highest BCUT2D eigenvalue weighted by molar-refractivity contribution is 7.85. The minimum absolute atomic E-state index is 0.273. The summed E-state index contributed by atoms with van der Waals surface area (Å²) >= 11 is 5.89. The summed E-state index contributed by atoms with van der Waals surface area (Å²) in [6.45, 7) is 0. The van der Waals surface area contributed by atoms with E-state index in [1.54, 1.807) is 0 Å². The second-order valence-corrected chi connectivity index (χ2v) is 6.26. The van der Waals surface area contributed by atoms with Crippen LogP contribution < -0.4 is 10.6 Å². The second-order valence-electron chi connectivity index (χ2n) is 4.22. The molecule has 1 saturated heterocycles. The van der Waals surface area contributed by atoms with Crippen molar-refractivity contribution in [1.82, 2.24) is 10.6 Å². The zero-order chi connectivity index (χ0) is 13.8. The van der Waals surface area contributed by atoms with Crippen molar-refractivity contribution in [3.63, 3.8) is 0 Å². The molecule has 0 aliphatic carbocycles. The minimum atomic E-state index is -3.91. The van der Waals surface area contributed by atoms with E-state index in [0.717, 1.165) is 0 Å². The van der Waals surface area contributed by atoms with Crippen LogP contribution in [0.25, 0.3) is 0 Å². The van der Waals surface area contributed by atoms with Crippen LogP contribution in [-0.4, -0.2) is 41.6 Å². The van der Waals surface area contributed by atoms with Crippen LogP contribution in [0.5, 0.6) is 0 Å². The molecule has 0 aromatic heterocycles. The molecule has 9 heteroatoms. The van der Waals surface area contributed by atoms with Gasteiger partial charge in [0, 0.05) is 0 Å². The molecule has 7 nitrogen and oxygen atoms in total. The van der Waals surface area contributed by atoms with Crippen molar-refractivity contribution in [2.24, 2.45) is 5.92 Å². The summed E-state index contributed by atoms with van der Waals surface area (Å²) in [6.07, 6.45) is 0.905. The smallest absolute Gasteiger partial charge is 0.264 e. The van der Waals surface area contributed by atoms with E-state index >= 15 is 0 Å². The first kappa shape index (κ1) is 15.6. The monoisotopic (exact) mass is 300 g/mol. The topological polar surface area (TPSA) is 116 Å². The van der Waals surface area contributed by atoms with Gasteiger partial charge in [-0.25, -0.2) is 0 Å². The van der Waals surface area contributed by atoms with Crippen LogP contribution in [0.2, 0.25) is 0 Å². The van der Waals surface area contributed by atoms with Crippen molar-refractivity contribution in [3.8, 4) is 0 Å². The maximum atomic E-state index is 11.5. The van der Waals surface area contributed by atoms with E-state index in [0.29, 0.717) is 25.7 Å². The predicted octanol–water partition coefficient (Wildman–Crippen LogP) is -0.389. The van der Waals surface area contributed by atoms with Crippen molar-refractivity contribution in [2.75, 3.05) is 5.75 Å². The van der Waals surface area contributed by atoms with E-state index in [1.807, 2.05) is 0 Å². The fraction of sp³-hybridized carbons (Fsp3) is 0.889. The zero-order valence-corrected chi connectivity index (χ0v) is 11.2. The highest BCUT2D eigenvalue weighted by Crippen LogP contribution is 2.20. The maximum Gasteiger partial charge on any atom is 0.264 e. The van der Waals surface area contributed by atoms with Crippen molar-refractivity contribution < 1.29 is 22.9 Å². The van der Waals surface area contributed by atoms with Crippen LogP contribution in [0, 0.1) is 5.92 Å². The molecule has 106 valence electrons. The predicted molar refractivity (Wildman–Crippen MR) is 65.3 cm³/mol. The van der Waals surface area contributed by atoms with Gasteiger partial charge in [0.1, 0.15) is 0 Å². The molecule has 18 heavy (non-hydrogen) atoms. The molecule has 0 spiro atoms. The second kappa shape index (κ2) is 6.67. The average molecular weight is 301 g/mol. The number of amides is 1. The molecule has 0 aromatic carbocycles. The van der Waals surface area contributed by atoms with Crippen molar-refractivity contribution in [1.29, 1.82) is 0 Å². The Morgan fingerprint density at radius 1 is 1.28 bits per heavy atom. The van der Waals surface area contributed by atoms with Gasteiger partial charge in [0.15, 0.2) is 6.35 Å². The molecule has 0 bridgehead atoms. The van der Waals surface area contributed by atoms with Crippen LogP contribution in [0.4, 0.5) is 0 Å². The molecule has 0 aromatic rings. The Labute approximate surface area is 111 Å². The summed E-state index contributed by atoms with van der Waals surface area (Å²) in [5, 5.41) is 14.0. The first-order chi connectivity index (χ1) is 8.29. The number of nitrogens with one attached hydrogen (secondary N) is 2. The fourth-order valence-electron chi connectivity index (χ4n) is 1.79. The third-order valence-electron chi connectivity index (χ3n) is 2.70. The van der Waals surface area contributed by atoms with Gasteiger partial charge in [0.25, 0.3) is 10.1 Å². The van der Waals surface area contributed by atoms with Gasteiger partial charge in [-0.2, -0.15) is 8.42 Å². The van der Waals surface area contributed by atoms with Crippen LogP contribution >= 0.6 is 11.6 Å². The van der Waals surface area contributed by atoms with Gasteiger partial charge in [-0.05, 0) is 12.8 Å². The molecular weight excluding hydrogens is 284 g/mol. The quantitative estimate of drug-likeness (QED) is 0.230. The number of hydrogen-bond donors (Lipinski definition) is 4. The number of hydrogen-bond acceptors (Lipinski definition) is 5. The zero-order valence-electron chi connectivity index (χ0n) is 9.67. The molecule has 3 unspecified atom stereocenters. The molecule has 1 fully saturated rings. The van der Waals surface area contributed by atoms with Gasteiger partial charge < -0.3 is 10.4 Å². The fourth-order valence-corrected chi connectivity index (χ4v) is 2.71. The van der Waals surface area contributed by atoms with E-state index in [-0.39, 0.29) is 11.7 Å². The summed E-state index contributed by atoms with van der Waals surface area (Å²) in [4.78, 5) is 11.5. The number of halogens is 1. The third-order valence-corrected chi connectivity index (χ3v) is 3.94. The van der Waals surface area contributed by atoms with E-state index in [9.17, 15) is 13.2 Å². The summed E-state index contributed by atoms with van der Waals surface area (Å²) in [5.74, 6) is -1.05. The Bertz CT molecular complexity index is 388. The van der Waals surface area contributed by atoms with Gasteiger partial charge in [0.2, 0.25) is 5.91 Å². The molecule has 4 N–H and O–H groups in total. The molecule has 1 aliphatic rings. The van der Waals surface area contributed by atoms with E-state index < -0.39 is 27.9 Å². The average Bonchev–Trinajstić information content (AvgIpc) is 2.19. The molecule has 1 rings (SSSR count).